The van der Waals surface area contributed by atoms with Gasteiger partial charge in [-0.1, -0.05) is 0 Å². The van der Waals surface area contributed by atoms with Crippen LogP contribution in [0.2, 0.25) is 0 Å². The molecule has 2 N–H and O–H groups in total. The van der Waals surface area contributed by atoms with Crippen molar-refractivity contribution in [1.29, 1.82) is 0 Å². The van der Waals surface area contributed by atoms with Crippen LogP contribution < -0.4 is 0 Å². The highest BCUT2D eigenvalue weighted by molar-refractivity contribution is 5.69. The van der Waals surface area contributed by atoms with Gasteiger partial charge in [0.2, 0.25) is 0 Å². The van der Waals surface area contributed by atoms with Crippen molar-refractivity contribution in [3.8, 4) is 0 Å². The highest BCUT2D eigenvalue weighted by Crippen LogP contribution is 2.11. The van der Waals surface area contributed by atoms with Crippen LogP contribution in [0.1, 0.15) is 33.1 Å². The van der Waals surface area contributed by atoms with Crippen LogP contribution in [0.5, 0.6) is 0 Å². The number of carbonyl (C=O) groups is 2. The Balaban J connectivity index is 4.13. The summed E-state index contributed by atoms with van der Waals surface area (Å²) in [6.07, 6.45) is -2.24. The molecule has 0 aliphatic heterocycles. The van der Waals surface area contributed by atoms with Gasteiger partial charge in [0.05, 0.1) is 19.8 Å². The predicted octanol–water partition coefficient (Wildman–Crippen LogP) is 0.615. The van der Waals surface area contributed by atoms with E-state index in [1.165, 1.54) is 0 Å². The Kier molecular flexibility index (Phi) is 9.82. The van der Waals surface area contributed by atoms with E-state index >= 15 is 0 Å². The van der Waals surface area contributed by atoms with Crippen molar-refractivity contribution in [3.05, 3.63) is 0 Å². The van der Waals surface area contributed by atoms with Gasteiger partial charge in [0.1, 0.15) is 12.2 Å². The van der Waals surface area contributed by atoms with Crippen molar-refractivity contribution in [1.82, 2.24) is 0 Å². The number of ether oxygens (including phenoxy) is 3. The van der Waals surface area contributed by atoms with Crippen LogP contribution in [0.15, 0.2) is 0 Å². The van der Waals surface area contributed by atoms with E-state index in [0.29, 0.717) is 13.0 Å². The maximum absolute atomic E-state index is 11.1. The molecule has 7 nitrogen and oxygen atoms in total. The second-order valence-corrected chi connectivity index (χ2v) is 3.79. The number of carbonyl (C=O) groups excluding carboxylic acids is 2. The van der Waals surface area contributed by atoms with Crippen molar-refractivity contribution in [2.75, 3.05) is 19.8 Å². The van der Waals surface area contributed by atoms with Gasteiger partial charge in [0.15, 0.2) is 0 Å². The molecule has 0 aromatic rings. The lowest BCUT2D eigenvalue weighted by atomic mass is 10.1. The summed E-state index contributed by atoms with van der Waals surface area (Å²) in [6, 6.07) is 0. The quantitative estimate of drug-likeness (QED) is 0.596. The highest BCUT2D eigenvalue weighted by atomic mass is 16.7. The Morgan fingerprint density at radius 2 is 1.79 bits per heavy atom. The summed E-state index contributed by atoms with van der Waals surface area (Å²) in [4.78, 5) is 22.3. The van der Waals surface area contributed by atoms with Crippen LogP contribution in [0, 0.1) is 0 Å². The first-order valence-corrected chi connectivity index (χ1v) is 6.33. The molecule has 0 spiro atoms. The first-order valence-electron chi connectivity index (χ1n) is 6.33. The van der Waals surface area contributed by atoms with Crippen molar-refractivity contribution in [2.24, 2.45) is 0 Å². The van der Waals surface area contributed by atoms with Crippen LogP contribution in [0.25, 0.3) is 0 Å². The molecule has 0 aliphatic carbocycles. The zero-order valence-corrected chi connectivity index (χ0v) is 11.3. The smallest absolute Gasteiger partial charge is 0.466 e. The summed E-state index contributed by atoms with van der Waals surface area (Å²) in [6.45, 7) is 3.26. The normalized spacial score (nSPS) is 13.5. The van der Waals surface area contributed by atoms with E-state index in [1.54, 1.807) is 13.8 Å². The lowest BCUT2D eigenvalue weighted by molar-refractivity contribution is -0.143. The molecular weight excluding hydrogens is 256 g/mol. The third-order valence-corrected chi connectivity index (χ3v) is 2.30. The van der Waals surface area contributed by atoms with E-state index in [9.17, 15) is 14.7 Å². The van der Waals surface area contributed by atoms with E-state index < -0.39 is 25.0 Å². The maximum atomic E-state index is 11.1. The van der Waals surface area contributed by atoms with E-state index in [0.717, 1.165) is 0 Å². The second-order valence-electron chi connectivity index (χ2n) is 3.79. The monoisotopic (exact) mass is 278 g/mol. The number of hydrogen-bond acceptors (Lipinski definition) is 7. The molecular formula is C12H22O7. The Hall–Kier alpha value is -1.34. The first kappa shape index (κ1) is 17.7. The van der Waals surface area contributed by atoms with E-state index in [2.05, 4.69) is 4.74 Å². The van der Waals surface area contributed by atoms with Crippen LogP contribution >= 0.6 is 0 Å². The molecule has 0 aromatic heterocycles. The lowest BCUT2D eigenvalue weighted by Crippen LogP contribution is -2.34. The molecule has 0 radical (unpaired) electrons. The van der Waals surface area contributed by atoms with Gasteiger partial charge >= 0.3 is 12.1 Å². The summed E-state index contributed by atoms with van der Waals surface area (Å²) in [5, 5.41) is 18.4. The maximum Gasteiger partial charge on any atom is 0.508 e. The third kappa shape index (κ3) is 8.39. The summed E-state index contributed by atoms with van der Waals surface area (Å²) in [5.74, 6) is -0.351. The molecule has 0 aromatic carbocycles. The predicted molar refractivity (Wildman–Crippen MR) is 65.5 cm³/mol. The summed E-state index contributed by atoms with van der Waals surface area (Å²) >= 11 is 0. The molecule has 112 valence electrons. The third-order valence-electron chi connectivity index (χ3n) is 2.30. The molecule has 0 aliphatic rings. The van der Waals surface area contributed by atoms with E-state index in [-0.39, 0.29) is 25.4 Å². The Morgan fingerprint density at radius 1 is 1.16 bits per heavy atom. The highest BCUT2D eigenvalue weighted by Gasteiger charge is 2.23. The van der Waals surface area contributed by atoms with Gasteiger partial charge in [0, 0.05) is 6.42 Å². The molecule has 0 saturated carbocycles. The van der Waals surface area contributed by atoms with Crippen molar-refractivity contribution >= 4 is 12.1 Å². The molecule has 0 fully saturated rings. The minimum absolute atomic E-state index is 0.156. The molecule has 0 heterocycles. The average Bonchev–Trinajstić information content (AvgIpc) is 2.37. The van der Waals surface area contributed by atoms with Gasteiger partial charge < -0.3 is 24.4 Å². The molecule has 0 rings (SSSR count). The molecule has 7 heteroatoms. The SMILES string of the molecule is CCOC(=O)CCC[C@H](OC(=O)OCC)[C@H](O)CO. The number of aliphatic hydroxyl groups excluding tert-OH is 2. The van der Waals surface area contributed by atoms with E-state index in [1.807, 2.05) is 0 Å². The summed E-state index contributed by atoms with van der Waals surface area (Å²) in [7, 11) is 0. The summed E-state index contributed by atoms with van der Waals surface area (Å²) in [5.41, 5.74) is 0. The number of esters is 1. The topological polar surface area (TPSA) is 102 Å². The fourth-order valence-corrected chi connectivity index (χ4v) is 1.40. The Labute approximate surface area is 112 Å². The molecule has 0 bridgehead atoms. The minimum Gasteiger partial charge on any atom is -0.466 e. The van der Waals surface area contributed by atoms with Crippen LogP contribution in [-0.4, -0.2) is 54.4 Å². The average molecular weight is 278 g/mol. The second kappa shape index (κ2) is 10.6. The van der Waals surface area contributed by atoms with Gasteiger partial charge in [-0.15, -0.1) is 0 Å². The molecule has 0 unspecified atom stereocenters. The molecule has 2 atom stereocenters. The largest absolute Gasteiger partial charge is 0.508 e. The Bertz CT molecular complexity index is 267. The van der Waals surface area contributed by atoms with Crippen LogP contribution in [0.4, 0.5) is 4.79 Å². The zero-order valence-electron chi connectivity index (χ0n) is 11.3. The molecule has 19 heavy (non-hydrogen) atoms. The van der Waals surface area contributed by atoms with Gasteiger partial charge in [-0.25, -0.2) is 4.79 Å². The van der Waals surface area contributed by atoms with Gasteiger partial charge in [-0.3, -0.25) is 4.79 Å². The number of hydrogen-bond donors (Lipinski definition) is 2. The van der Waals surface area contributed by atoms with Crippen molar-refractivity contribution in [2.45, 2.75) is 45.3 Å². The lowest BCUT2D eigenvalue weighted by Gasteiger charge is -2.21. The van der Waals surface area contributed by atoms with Crippen molar-refractivity contribution in [3.63, 3.8) is 0 Å². The first-order chi connectivity index (χ1) is 9.04. The van der Waals surface area contributed by atoms with Crippen LogP contribution in [-0.2, 0) is 19.0 Å². The van der Waals surface area contributed by atoms with Crippen molar-refractivity contribution < 1.29 is 34.0 Å². The fourth-order valence-electron chi connectivity index (χ4n) is 1.40. The standard InChI is InChI=1S/C12H22O7/c1-3-17-11(15)7-5-6-10(9(14)8-13)19-12(16)18-4-2/h9-10,13-14H,3-8H2,1-2H3/t9-,10+/m1/s1. The fraction of sp³-hybridized carbons (Fsp3) is 0.833. The summed E-state index contributed by atoms with van der Waals surface area (Å²) < 4.78 is 14.2. The molecule has 0 saturated heterocycles. The van der Waals surface area contributed by atoms with Gasteiger partial charge in [-0.05, 0) is 26.7 Å². The number of aliphatic hydroxyl groups is 2. The zero-order chi connectivity index (χ0) is 14.7. The minimum atomic E-state index is -1.20. The van der Waals surface area contributed by atoms with E-state index in [4.69, 9.17) is 14.6 Å². The van der Waals surface area contributed by atoms with Gasteiger partial charge in [0.25, 0.3) is 0 Å². The van der Waals surface area contributed by atoms with Crippen LogP contribution in [0.3, 0.4) is 0 Å². The Morgan fingerprint density at radius 3 is 2.32 bits per heavy atom. The van der Waals surface area contributed by atoms with Gasteiger partial charge in [-0.2, -0.15) is 0 Å². The number of rotatable bonds is 9. The molecule has 0 amide bonds.